The molecule has 2 N–H and O–H groups in total. The second-order valence-corrected chi connectivity index (χ2v) is 5.05. The Balaban J connectivity index is 2.49. The summed E-state index contributed by atoms with van der Waals surface area (Å²) < 4.78 is 2.11. The Kier molecular flexibility index (Phi) is 3.06. The normalized spacial score (nSPS) is 19.2. The minimum atomic E-state index is 0.224. The maximum Gasteiger partial charge on any atom is 0.0634 e. The van der Waals surface area contributed by atoms with Crippen LogP contribution in [0.2, 0.25) is 0 Å². The van der Waals surface area contributed by atoms with Crippen LogP contribution in [0.4, 0.5) is 0 Å². The van der Waals surface area contributed by atoms with Crippen molar-refractivity contribution < 1.29 is 0 Å². The van der Waals surface area contributed by atoms with E-state index in [1.165, 1.54) is 42.6 Å². The van der Waals surface area contributed by atoms with Crippen molar-refractivity contribution in [1.29, 1.82) is 0 Å². The lowest BCUT2D eigenvalue weighted by atomic mass is 9.78. The molecule has 0 amide bonds. The van der Waals surface area contributed by atoms with Gasteiger partial charge in [-0.1, -0.05) is 12.8 Å². The number of nitrogens with two attached hydrogens (primary N) is 1. The molecular weight excluding hydrogens is 198 g/mol. The third kappa shape index (κ3) is 1.58. The summed E-state index contributed by atoms with van der Waals surface area (Å²) in [5.74, 6) is 0. The zero-order valence-electron chi connectivity index (χ0n) is 10.7. The monoisotopic (exact) mass is 221 g/mol. The lowest BCUT2D eigenvalue weighted by Gasteiger charge is -2.28. The van der Waals surface area contributed by atoms with Crippen LogP contribution in [0.1, 0.15) is 49.6 Å². The molecule has 0 radical (unpaired) electrons. The van der Waals surface area contributed by atoms with Crippen LogP contribution in [0.3, 0.4) is 0 Å². The van der Waals surface area contributed by atoms with E-state index in [0.717, 1.165) is 13.1 Å². The molecule has 3 nitrogen and oxygen atoms in total. The van der Waals surface area contributed by atoms with Gasteiger partial charge in [0.05, 0.1) is 5.69 Å². The van der Waals surface area contributed by atoms with E-state index < -0.39 is 0 Å². The van der Waals surface area contributed by atoms with E-state index in [4.69, 9.17) is 5.73 Å². The Labute approximate surface area is 98.0 Å². The molecule has 1 aromatic heterocycles. The number of rotatable bonds is 3. The van der Waals surface area contributed by atoms with Gasteiger partial charge in [-0.25, -0.2) is 0 Å². The highest BCUT2D eigenvalue weighted by atomic mass is 15.3. The van der Waals surface area contributed by atoms with Crippen LogP contribution in [-0.4, -0.2) is 16.3 Å². The van der Waals surface area contributed by atoms with Crippen LogP contribution in [0.25, 0.3) is 0 Å². The lowest BCUT2D eigenvalue weighted by Crippen LogP contribution is -2.33. The highest BCUT2D eigenvalue weighted by Gasteiger charge is 2.38. The smallest absolute Gasteiger partial charge is 0.0634 e. The summed E-state index contributed by atoms with van der Waals surface area (Å²) >= 11 is 0. The van der Waals surface area contributed by atoms with Crippen molar-refractivity contribution in [3.63, 3.8) is 0 Å². The molecular formula is C13H23N3. The fourth-order valence-electron chi connectivity index (χ4n) is 3.38. The summed E-state index contributed by atoms with van der Waals surface area (Å²) in [6.45, 7) is 8.18. The van der Waals surface area contributed by atoms with Gasteiger partial charge in [0.2, 0.25) is 0 Å². The molecule has 1 aromatic rings. The summed E-state index contributed by atoms with van der Waals surface area (Å²) in [7, 11) is 0. The Hall–Kier alpha value is -0.830. The van der Waals surface area contributed by atoms with E-state index in [0.29, 0.717) is 0 Å². The molecule has 0 atom stereocenters. The largest absolute Gasteiger partial charge is 0.330 e. The van der Waals surface area contributed by atoms with Crippen LogP contribution in [0, 0.1) is 13.8 Å². The SMILES string of the molecule is CCn1nc(C)c(C2(CN)CCCC2)c1C. The van der Waals surface area contributed by atoms with Gasteiger partial charge in [-0.15, -0.1) is 0 Å². The predicted octanol–water partition coefficient (Wildman–Crippen LogP) is 2.29. The maximum absolute atomic E-state index is 6.05. The first kappa shape index (κ1) is 11.6. The quantitative estimate of drug-likeness (QED) is 0.851. The van der Waals surface area contributed by atoms with E-state index in [9.17, 15) is 0 Å². The third-order valence-corrected chi connectivity index (χ3v) is 4.16. The van der Waals surface area contributed by atoms with E-state index in [-0.39, 0.29) is 5.41 Å². The van der Waals surface area contributed by atoms with Gasteiger partial charge in [0.1, 0.15) is 0 Å². The van der Waals surface area contributed by atoms with Crippen LogP contribution >= 0.6 is 0 Å². The molecule has 90 valence electrons. The summed E-state index contributed by atoms with van der Waals surface area (Å²) in [5, 5.41) is 4.63. The standard InChI is InChI=1S/C13H23N3/c1-4-16-11(3)12(10(2)15-16)13(9-14)7-5-6-8-13/h4-9,14H2,1-3H3. The van der Waals surface area contributed by atoms with Crippen LogP contribution in [0.15, 0.2) is 0 Å². The fraction of sp³-hybridized carbons (Fsp3) is 0.769. The van der Waals surface area contributed by atoms with Gasteiger partial charge >= 0.3 is 0 Å². The molecule has 0 aromatic carbocycles. The number of aryl methyl sites for hydroxylation is 2. The first-order valence-corrected chi connectivity index (χ1v) is 6.39. The summed E-state index contributed by atoms with van der Waals surface area (Å²) in [4.78, 5) is 0. The molecule has 0 spiro atoms. The summed E-state index contributed by atoms with van der Waals surface area (Å²) in [6, 6.07) is 0. The van der Waals surface area contributed by atoms with Crippen molar-refractivity contribution >= 4 is 0 Å². The molecule has 16 heavy (non-hydrogen) atoms. The molecule has 1 aliphatic rings. The van der Waals surface area contributed by atoms with Crippen molar-refractivity contribution in [2.24, 2.45) is 5.73 Å². The molecule has 1 aliphatic carbocycles. The number of aromatic nitrogens is 2. The fourth-order valence-corrected chi connectivity index (χ4v) is 3.38. The molecule has 2 rings (SSSR count). The zero-order chi connectivity index (χ0) is 11.8. The highest BCUT2D eigenvalue weighted by Crippen LogP contribution is 2.42. The molecule has 1 saturated carbocycles. The van der Waals surface area contributed by atoms with Gasteiger partial charge in [0, 0.05) is 29.8 Å². The molecule has 3 heteroatoms. The van der Waals surface area contributed by atoms with Crippen molar-refractivity contribution in [2.45, 2.75) is 58.4 Å². The van der Waals surface area contributed by atoms with E-state index in [1.54, 1.807) is 0 Å². The topological polar surface area (TPSA) is 43.8 Å². The number of nitrogens with zero attached hydrogens (tertiary/aromatic N) is 2. The van der Waals surface area contributed by atoms with Crippen LogP contribution in [-0.2, 0) is 12.0 Å². The number of hydrogen-bond acceptors (Lipinski definition) is 2. The Bertz CT molecular complexity index is 373. The Morgan fingerprint density at radius 2 is 1.94 bits per heavy atom. The van der Waals surface area contributed by atoms with Crippen molar-refractivity contribution in [3.05, 3.63) is 17.0 Å². The van der Waals surface area contributed by atoms with Crippen molar-refractivity contribution in [1.82, 2.24) is 9.78 Å². The van der Waals surface area contributed by atoms with Crippen LogP contribution in [0.5, 0.6) is 0 Å². The molecule has 1 heterocycles. The van der Waals surface area contributed by atoms with Crippen molar-refractivity contribution in [3.8, 4) is 0 Å². The molecule has 1 fully saturated rings. The average molecular weight is 221 g/mol. The minimum Gasteiger partial charge on any atom is -0.330 e. The second kappa shape index (κ2) is 4.21. The first-order valence-electron chi connectivity index (χ1n) is 6.39. The van der Waals surface area contributed by atoms with Gasteiger partial charge in [0.25, 0.3) is 0 Å². The van der Waals surface area contributed by atoms with Gasteiger partial charge in [-0.3, -0.25) is 4.68 Å². The van der Waals surface area contributed by atoms with Gasteiger partial charge < -0.3 is 5.73 Å². The molecule has 0 bridgehead atoms. The van der Waals surface area contributed by atoms with E-state index in [1.807, 2.05) is 0 Å². The lowest BCUT2D eigenvalue weighted by molar-refractivity contribution is 0.447. The third-order valence-electron chi connectivity index (χ3n) is 4.16. The van der Waals surface area contributed by atoms with Crippen molar-refractivity contribution in [2.75, 3.05) is 6.54 Å². The predicted molar refractivity (Wildman–Crippen MR) is 66.6 cm³/mol. The zero-order valence-corrected chi connectivity index (χ0v) is 10.7. The molecule has 0 aliphatic heterocycles. The van der Waals surface area contributed by atoms with Crippen LogP contribution < -0.4 is 5.73 Å². The van der Waals surface area contributed by atoms with E-state index >= 15 is 0 Å². The van der Waals surface area contributed by atoms with E-state index in [2.05, 4.69) is 30.6 Å². The summed E-state index contributed by atoms with van der Waals surface area (Å²) in [5.41, 5.74) is 10.2. The molecule has 0 unspecified atom stereocenters. The Morgan fingerprint density at radius 3 is 2.38 bits per heavy atom. The van der Waals surface area contributed by atoms with Gasteiger partial charge in [0.15, 0.2) is 0 Å². The van der Waals surface area contributed by atoms with Gasteiger partial charge in [-0.2, -0.15) is 5.10 Å². The number of hydrogen-bond donors (Lipinski definition) is 1. The maximum atomic E-state index is 6.05. The summed E-state index contributed by atoms with van der Waals surface area (Å²) in [6.07, 6.45) is 5.10. The molecule has 0 saturated heterocycles. The Morgan fingerprint density at radius 1 is 1.31 bits per heavy atom. The van der Waals surface area contributed by atoms with Gasteiger partial charge in [-0.05, 0) is 33.6 Å². The highest BCUT2D eigenvalue weighted by molar-refractivity contribution is 5.35. The first-order chi connectivity index (χ1) is 7.64. The average Bonchev–Trinajstić information content (AvgIpc) is 2.84. The minimum absolute atomic E-state index is 0.224. The second-order valence-electron chi connectivity index (χ2n) is 5.05.